The van der Waals surface area contributed by atoms with Gasteiger partial charge in [0.2, 0.25) is 5.91 Å². The molecule has 25 heavy (non-hydrogen) atoms. The highest BCUT2D eigenvalue weighted by molar-refractivity contribution is 7.86. The summed E-state index contributed by atoms with van der Waals surface area (Å²) in [7, 11) is -0.256. The third kappa shape index (κ3) is 6.07. The summed E-state index contributed by atoms with van der Waals surface area (Å²) < 4.78 is 32.3. The van der Waals surface area contributed by atoms with Gasteiger partial charge in [0, 0.05) is 33.7 Å². The Morgan fingerprint density at radius 2 is 1.88 bits per heavy atom. The quantitative estimate of drug-likeness (QED) is 0.736. The Morgan fingerprint density at radius 1 is 1.24 bits per heavy atom. The molecule has 1 heterocycles. The lowest BCUT2D eigenvalue weighted by Gasteiger charge is -2.32. The van der Waals surface area contributed by atoms with E-state index in [9.17, 15) is 13.2 Å². The maximum absolute atomic E-state index is 12.1. The Hall–Kier alpha value is -1.48. The van der Waals surface area contributed by atoms with E-state index in [1.807, 2.05) is 30.3 Å². The van der Waals surface area contributed by atoms with Gasteiger partial charge in [-0.2, -0.15) is 17.0 Å². The van der Waals surface area contributed by atoms with E-state index in [0.717, 1.165) is 18.4 Å². The third-order valence-corrected chi connectivity index (χ3v) is 6.23. The zero-order chi connectivity index (χ0) is 18.3. The summed E-state index contributed by atoms with van der Waals surface area (Å²) in [5.74, 6) is 0.158. The van der Waals surface area contributed by atoms with E-state index in [1.165, 1.54) is 22.7 Å². The second-order valence-electron chi connectivity index (χ2n) is 6.42. The monoisotopic (exact) mass is 369 g/mol. The number of nitrogens with one attached hydrogen (secondary N) is 1. The zero-order valence-electron chi connectivity index (χ0n) is 14.8. The Kier molecular flexibility index (Phi) is 7.37. The minimum absolute atomic E-state index is 0.0305. The summed E-state index contributed by atoms with van der Waals surface area (Å²) in [4.78, 5) is 11.8. The maximum Gasteiger partial charge on any atom is 0.281 e. The molecule has 0 saturated carbocycles. The van der Waals surface area contributed by atoms with E-state index in [1.54, 1.807) is 0 Å². The van der Waals surface area contributed by atoms with E-state index < -0.39 is 10.2 Å². The summed E-state index contributed by atoms with van der Waals surface area (Å²) in [5.41, 5.74) is 1.03. The van der Waals surface area contributed by atoms with Crippen molar-refractivity contribution in [2.75, 3.05) is 40.3 Å². The molecule has 2 rings (SSSR count). The van der Waals surface area contributed by atoms with Crippen molar-refractivity contribution in [2.24, 2.45) is 5.92 Å². The average molecular weight is 369 g/mol. The van der Waals surface area contributed by atoms with Gasteiger partial charge in [0.25, 0.3) is 10.2 Å². The number of benzene rings is 1. The van der Waals surface area contributed by atoms with Gasteiger partial charge in [-0.1, -0.05) is 30.3 Å². The topological polar surface area (TPSA) is 79.0 Å². The first-order valence-electron chi connectivity index (χ1n) is 8.45. The van der Waals surface area contributed by atoms with Gasteiger partial charge < -0.3 is 10.1 Å². The normalized spacial score (nSPS) is 16.9. The van der Waals surface area contributed by atoms with E-state index in [-0.39, 0.29) is 12.5 Å². The molecule has 0 bridgehead atoms. The van der Waals surface area contributed by atoms with Gasteiger partial charge in [-0.05, 0) is 24.3 Å². The van der Waals surface area contributed by atoms with Crippen molar-refractivity contribution in [1.29, 1.82) is 0 Å². The van der Waals surface area contributed by atoms with Crippen molar-refractivity contribution >= 4 is 16.1 Å². The molecule has 1 aromatic carbocycles. The van der Waals surface area contributed by atoms with Gasteiger partial charge in [-0.15, -0.1) is 0 Å². The fourth-order valence-corrected chi connectivity index (χ4v) is 3.85. The first kappa shape index (κ1) is 19.8. The largest absolute Gasteiger partial charge is 0.367 e. The minimum atomic E-state index is -3.33. The van der Waals surface area contributed by atoms with Crippen LogP contribution in [0, 0.1) is 5.92 Å². The van der Waals surface area contributed by atoms with Crippen LogP contribution in [0.15, 0.2) is 30.3 Å². The van der Waals surface area contributed by atoms with E-state index in [4.69, 9.17) is 4.74 Å². The molecule has 0 aromatic heterocycles. The molecule has 140 valence electrons. The number of hydrogen-bond acceptors (Lipinski definition) is 4. The number of hydrogen-bond donors (Lipinski definition) is 1. The number of amides is 1. The molecule has 1 aromatic rings. The van der Waals surface area contributed by atoms with Gasteiger partial charge >= 0.3 is 0 Å². The van der Waals surface area contributed by atoms with Crippen LogP contribution in [0.4, 0.5) is 0 Å². The predicted octanol–water partition coefficient (Wildman–Crippen LogP) is 0.838. The molecule has 0 atom stereocenters. The number of carbonyl (C=O) groups excluding carboxylic acids is 1. The van der Waals surface area contributed by atoms with Crippen LogP contribution >= 0.6 is 0 Å². The van der Waals surface area contributed by atoms with Gasteiger partial charge in [0.1, 0.15) is 6.61 Å². The highest BCUT2D eigenvalue weighted by Crippen LogP contribution is 2.19. The van der Waals surface area contributed by atoms with Gasteiger partial charge in [0.05, 0.1) is 6.61 Å². The maximum atomic E-state index is 12.1. The second kappa shape index (κ2) is 9.28. The van der Waals surface area contributed by atoms with Crippen LogP contribution in [0.3, 0.4) is 0 Å². The standard InChI is InChI=1S/C17H27N3O4S/c1-19(2)25(22,23)20-10-8-15(9-11-20)12-18-17(21)14-24-13-16-6-4-3-5-7-16/h3-7,15H,8-14H2,1-2H3,(H,18,21). The van der Waals surface area contributed by atoms with Crippen molar-refractivity contribution in [2.45, 2.75) is 19.4 Å². The molecular formula is C17H27N3O4S. The van der Waals surface area contributed by atoms with Gasteiger partial charge in [-0.25, -0.2) is 0 Å². The van der Waals surface area contributed by atoms with Crippen molar-refractivity contribution in [1.82, 2.24) is 13.9 Å². The average Bonchev–Trinajstić information content (AvgIpc) is 2.61. The third-order valence-electron chi connectivity index (χ3n) is 4.29. The van der Waals surface area contributed by atoms with E-state index in [2.05, 4.69) is 5.32 Å². The predicted molar refractivity (Wildman–Crippen MR) is 96.0 cm³/mol. The second-order valence-corrected chi connectivity index (χ2v) is 8.56. The SMILES string of the molecule is CN(C)S(=O)(=O)N1CCC(CNC(=O)COCc2ccccc2)CC1. The highest BCUT2D eigenvalue weighted by atomic mass is 32.2. The van der Waals surface area contributed by atoms with Crippen LogP contribution in [0.5, 0.6) is 0 Å². The van der Waals surface area contributed by atoms with Crippen LogP contribution < -0.4 is 5.32 Å². The Labute approximate surface area is 150 Å². The smallest absolute Gasteiger partial charge is 0.281 e. The van der Waals surface area contributed by atoms with E-state index >= 15 is 0 Å². The van der Waals surface area contributed by atoms with Crippen molar-refractivity contribution in [3.8, 4) is 0 Å². The Balaban J connectivity index is 1.63. The van der Waals surface area contributed by atoms with Crippen LogP contribution in [-0.4, -0.2) is 63.3 Å². The fourth-order valence-electron chi connectivity index (χ4n) is 2.72. The van der Waals surface area contributed by atoms with Crippen molar-refractivity contribution < 1.29 is 17.9 Å². The number of ether oxygens (including phenoxy) is 1. The molecule has 7 nitrogen and oxygen atoms in total. The van der Waals surface area contributed by atoms with Crippen molar-refractivity contribution in [3.63, 3.8) is 0 Å². The molecule has 1 aliphatic rings. The number of piperidine rings is 1. The Bertz CT molecular complexity index is 641. The molecule has 0 aliphatic carbocycles. The van der Waals surface area contributed by atoms with E-state index in [0.29, 0.717) is 32.2 Å². The highest BCUT2D eigenvalue weighted by Gasteiger charge is 2.29. The fraction of sp³-hybridized carbons (Fsp3) is 0.588. The van der Waals surface area contributed by atoms with Crippen LogP contribution in [0.25, 0.3) is 0 Å². The molecule has 1 fully saturated rings. The summed E-state index contributed by atoms with van der Waals surface area (Å²) in [5, 5.41) is 2.87. The molecule has 8 heteroatoms. The molecule has 1 amide bonds. The lowest BCUT2D eigenvalue weighted by molar-refractivity contribution is -0.126. The lowest BCUT2D eigenvalue weighted by Crippen LogP contribution is -2.46. The zero-order valence-corrected chi connectivity index (χ0v) is 15.7. The van der Waals surface area contributed by atoms with Crippen molar-refractivity contribution in [3.05, 3.63) is 35.9 Å². The summed E-state index contributed by atoms with van der Waals surface area (Å²) in [6.45, 7) is 1.98. The van der Waals surface area contributed by atoms with Crippen LogP contribution in [0.1, 0.15) is 18.4 Å². The molecule has 1 aliphatic heterocycles. The van der Waals surface area contributed by atoms with Crippen LogP contribution in [0.2, 0.25) is 0 Å². The van der Waals surface area contributed by atoms with Gasteiger partial charge in [-0.3, -0.25) is 4.79 Å². The first-order chi connectivity index (χ1) is 11.9. The molecule has 1 saturated heterocycles. The molecule has 0 unspecified atom stereocenters. The molecule has 0 spiro atoms. The number of carbonyl (C=O) groups is 1. The Morgan fingerprint density at radius 3 is 2.48 bits per heavy atom. The van der Waals surface area contributed by atoms with Gasteiger partial charge in [0.15, 0.2) is 0 Å². The first-order valence-corrected chi connectivity index (χ1v) is 9.85. The number of rotatable bonds is 8. The molecule has 0 radical (unpaired) electrons. The lowest BCUT2D eigenvalue weighted by atomic mass is 9.98. The number of nitrogens with zero attached hydrogens (tertiary/aromatic N) is 2. The molecule has 1 N–H and O–H groups in total. The summed E-state index contributed by atoms with van der Waals surface area (Å²) >= 11 is 0. The van der Waals surface area contributed by atoms with Crippen LogP contribution in [-0.2, 0) is 26.3 Å². The molecular weight excluding hydrogens is 342 g/mol. The summed E-state index contributed by atoms with van der Waals surface area (Å²) in [6, 6.07) is 9.70. The minimum Gasteiger partial charge on any atom is -0.367 e. The summed E-state index contributed by atoms with van der Waals surface area (Å²) in [6.07, 6.45) is 1.50.